The molecule has 0 spiro atoms. The predicted molar refractivity (Wildman–Crippen MR) is 121 cm³/mol. The van der Waals surface area contributed by atoms with Gasteiger partial charge in [-0.2, -0.15) is 0 Å². The van der Waals surface area contributed by atoms with Gasteiger partial charge in [0, 0.05) is 49.6 Å². The molecule has 2 N–H and O–H groups in total. The Kier molecular flexibility index (Phi) is 5.36. The van der Waals surface area contributed by atoms with E-state index in [1.807, 2.05) is 11.9 Å². The molecule has 2 aromatic heterocycles. The maximum atomic E-state index is 14.9. The first kappa shape index (κ1) is 21.5. The maximum absolute atomic E-state index is 14.9. The Morgan fingerprint density at radius 1 is 1.15 bits per heavy atom. The van der Waals surface area contributed by atoms with Gasteiger partial charge in [0.15, 0.2) is 5.82 Å². The molecule has 2 unspecified atom stereocenters. The number of nitrogens with one attached hydrogen (secondary N) is 1. The number of benzene rings is 1. The first-order chi connectivity index (χ1) is 15.8. The number of anilines is 1. The second-order valence-electron chi connectivity index (χ2n) is 8.90. The molecule has 5 rings (SSSR count). The molecule has 2 fully saturated rings. The van der Waals surface area contributed by atoms with Gasteiger partial charge in [0.2, 0.25) is 0 Å². The minimum Gasteiger partial charge on any atom is -0.507 e. The van der Waals surface area contributed by atoms with Crippen molar-refractivity contribution in [1.82, 2.24) is 20.1 Å². The third-order valence-corrected chi connectivity index (χ3v) is 6.84. The van der Waals surface area contributed by atoms with Gasteiger partial charge in [0.1, 0.15) is 17.7 Å². The van der Waals surface area contributed by atoms with Crippen molar-refractivity contribution in [2.45, 2.75) is 43.6 Å². The fraction of sp³-hybridized carbons (Fsp3) is 0.375. The van der Waals surface area contributed by atoms with Crippen molar-refractivity contribution < 1.29 is 13.9 Å². The number of halogens is 2. The fourth-order valence-electron chi connectivity index (χ4n) is 4.88. The molecule has 33 heavy (non-hydrogen) atoms. The average molecular weight is 453 g/mol. The number of rotatable bonds is 4. The lowest BCUT2D eigenvalue weighted by Gasteiger charge is -2.38. The van der Waals surface area contributed by atoms with Crippen LogP contribution in [0.2, 0.25) is 0 Å². The number of aryl methyl sites for hydroxylation is 1. The maximum Gasteiger partial charge on any atom is 0.250 e. The quantitative estimate of drug-likeness (QED) is 0.632. The van der Waals surface area contributed by atoms with Gasteiger partial charge in [0.25, 0.3) is 5.56 Å². The lowest BCUT2D eigenvalue weighted by Crippen LogP contribution is -2.55. The normalized spacial score (nSPS) is 24.1. The first-order valence-corrected chi connectivity index (χ1v) is 11.0. The van der Waals surface area contributed by atoms with E-state index in [1.54, 1.807) is 31.4 Å². The standard InChI is InChI=1S/C24H25F2N5O2/c1-30-8-7-13(9-23(30)33)15-12-21(32)16(11-17(15)25)18-5-6-22(29-28-18)31(2)20-10-14-3-4-19(27-14)24(20)26/h5-9,11-12,14,19-20,24,27,32H,3-4,10H2,1-2H3/t14?,19?,20-,24+/m0/s1. The van der Waals surface area contributed by atoms with Crippen LogP contribution in [0.4, 0.5) is 14.6 Å². The molecule has 7 nitrogen and oxygen atoms in total. The van der Waals surface area contributed by atoms with Crippen molar-refractivity contribution in [3.63, 3.8) is 0 Å². The van der Waals surface area contributed by atoms with Gasteiger partial charge in [-0.05, 0) is 55.2 Å². The smallest absolute Gasteiger partial charge is 0.250 e. The Labute approximate surface area is 189 Å². The molecule has 4 heterocycles. The summed E-state index contributed by atoms with van der Waals surface area (Å²) in [5.74, 6) is -0.254. The number of hydrogen-bond acceptors (Lipinski definition) is 6. The number of fused-ring (bicyclic) bond motifs is 2. The summed E-state index contributed by atoms with van der Waals surface area (Å²) in [6.45, 7) is 0. The van der Waals surface area contributed by atoms with E-state index in [1.165, 1.54) is 22.8 Å². The summed E-state index contributed by atoms with van der Waals surface area (Å²) in [6.07, 6.45) is 3.08. The highest BCUT2D eigenvalue weighted by atomic mass is 19.1. The van der Waals surface area contributed by atoms with Crippen molar-refractivity contribution in [1.29, 1.82) is 0 Å². The van der Waals surface area contributed by atoms with E-state index in [9.17, 15) is 18.7 Å². The number of aromatic hydroxyl groups is 1. The monoisotopic (exact) mass is 453 g/mol. The fourth-order valence-corrected chi connectivity index (χ4v) is 4.88. The summed E-state index contributed by atoms with van der Waals surface area (Å²) in [5.41, 5.74) is 0.689. The van der Waals surface area contributed by atoms with E-state index in [0.29, 0.717) is 29.5 Å². The van der Waals surface area contributed by atoms with Crippen molar-refractivity contribution in [2.24, 2.45) is 7.05 Å². The zero-order valence-corrected chi connectivity index (χ0v) is 18.4. The van der Waals surface area contributed by atoms with Crippen LogP contribution in [-0.4, -0.2) is 51.2 Å². The van der Waals surface area contributed by atoms with Crippen LogP contribution in [0.1, 0.15) is 19.3 Å². The predicted octanol–water partition coefficient (Wildman–Crippen LogP) is 3.02. The molecule has 0 saturated carbocycles. The van der Waals surface area contributed by atoms with E-state index in [0.717, 1.165) is 12.8 Å². The molecule has 172 valence electrons. The second kappa shape index (κ2) is 8.22. The van der Waals surface area contributed by atoms with Crippen LogP contribution in [0, 0.1) is 5.82 Å². The van der Waals surface area contributed by atoms with Gasteiger partial charge >= 0.3 is 0 Å². The molecule has 1 aromatic carbocycles. The number of aromatic nitrogens is 3. The van der Waals surface area contributed by atoms with Crippen LogP contribution in [0.3, 0.4) is 0 Å². The zero-order valence-electron chi connectivity index (χ0n) is 18.4. The minimum absolute atomic E-state index is 0.118. The highest BCUT2D eigenvalue weighted by Gasteiger charge is 2.43. The van der Waals surface area contributed by atoms with Crippen LogP contribution in [-0.2, 0) is 7.05 Å². The summed E-state index contributed by atoms with van der Waals surface area (Å²) >= 11 is 0. The SMILES string of the molecule is CN(c1ccc(-c2cc(F)c(-c3ccn(C)c(=O)c3)cc2O)nn1)[C@H]1CC2CCC(N2)[C@H]1F. The van der Waals surface area contributed by atoms with E-state index in [-0.39, 0.29) is 34.5 Å². The summed E-state index contributed by atoms with van der Waals surface area (Å²) in [7, 11) is 3.41. The number of hydrogen-bond donors (Lipinski definition) is 2. The van der Waals surface area contributed by atoms with Crippen LogP contribution in [0.15, 0.2) is 47.4 Å². The summed E-state index contributed by atoms with van der Waals surface area (Å²) in [5, 5.41) is 22.3. The largest absolute Gasteiger partial charge is 0.507 e. The first-order valence-electron chi connectivity index (χ1n) is 11.0. The third kappa shape index (κ3) is 3.86. The molecular weight excluding hydrogens is 428 g/mol. The van der Waals surface area contributed by atoms with Crippen LogP contribution >= 0.6 is 0 Å². The Morgan fingerprint density at radius 3 is 2.70 bits per heavy atom. The third-order valence-electron chi connectivity index (χ3n) is 6.84. The number of alkyl halides is 1. The van der Waals surface area contributed by atoms with Gasteiger partial charge < -0.3 is 19.9 Å². The van der Waals surface area contributed by atoms with E-state index < -0.39 is 12.0 Å². The number of phenolic OH excluding ortho intramolecular Hbond substituents is 1. The van der Waals surface area contributed by atoms with Crippen LogP contribution < -0.4 is 15.8 Å². The summed E-state index contributed by atoms with van der Waals surface area (Å²) in [6, 6.07) is 8.63. The van der Waals surface area contributed by atoms with E-state index in [4.69, 9.17) is 0 Å². The number of piperidine rings is 1. The molecule has 2 bridgehead atoms. The highest BCUT2D eigenvalue weighted by Crippen LogP contribution is 2.36. The molecule has 9 heteroatoms. The van der Waals surface area contributed by atoms with Gasteiger partial charge in [-0.25, -0.2) is 8.78 Å². The highest BCUT2D eigenvalue weighted by molar-refractivity contribution is 5.74. The summed E-state index contributed by atoms with van der Waals surface area (Å²) < 4.78 is 31.2. The lowest BCUT2D eigenvalue weighted by atomic mass is 9.96. The van der Waals surface area contributed by atoms with Crippen molar-refractivity contribution in [2.75, 3.05) is 11.9 Å². The van der Waals surface area contributed by atoms with Crippen LogP contribution in [0.5, 0.6) is 5.75 Å². The van der Waals surface area contributed by atoms with Crippen molar-refractivity contribution >= 4 is 5.82 Å². The van der Waals surface area contributed by atoms with Gasteiger partial charge in [-0.1, -0.05) is 0 Å². The topological polar surface area (TPSA) is 83.3 Å². The molecular formula is C24H25F2N5O2. The van der Waals surface area contributed by atoms with Gasteiger partial charge in [0.05, 0.1) is 11.7 Å². The van der Waals surface area contributed by atoms with Gasteiger partial charge in [-0.3, -0.25) is 4.79 Å². The van der Waals surface area contributed by atoms with Crippen molar-refractivity contribution in [3.8, 4) is 28.1 Å². The van der Waals surface area contributed by atoms with E-state index in [2.05, 4.69) is 15.5 Å². The van der Waals surface area contributed by atoms with Gasteiger partial charge in [-0.15, -0.1) is 10.2 Å². The lowest BCUT2D eigenvalue weighted by molar-refractivity contribution is 0.176. The Bertz CT molecular complexity index is 1250. The molecule has 2 aliphatic rings. The molecule has 0 amide bonds. The molecule has 2 saturated heterocycles. The molecule has 4 atom stereocenters. The minimum atomic E-state index is -0.990. The second-order valence-corrected chi connectivity index (χ2v) is 8.90. The molecule has 0 aliphatic carbocycles. The molecule has 0 radical (unpaired) electrons. The van der Waals surface area contributed by atoms with Crippen molar-refractivity contribution in [3.05, 3.63) is 58.8 Å². The average Bonchev–Trinajstić information content (AvgIpc) is 3.22. The van der Waals surface area contributed by atoms with E-state index >= 15 is 0 Å². The van der Waals surface area contributed by atoms with Crippen LogP contribution in [0.25, 0.3) is 22.4 Å². The number of pyridine rings is 1. The Hall–Kier alpha value is -3.33. The molecule has 3 aromatic rings. The summed E-state index contributed by atoms with van der Waals surface area (Å²) in [4.78, 5) is 13.7. The number of phenols is 1. The molecule has 2 aliphatic heterocycles. The Balaban J connectivity index is 1.40. The number of nitrogens with zero attached hydrogens (tertiary/aromatic N) is 4. The Morgan fingerprint density at radius 2 is 1.97 bits per heavy atom. The zero-order chi connectivity index (χ0) is 23.3.